The van der Waals surface area contributed by atoms with Gasteiger partial charge in [0.05, 0.1) is 5.75 Å². The van der Waals surface area contributed by atoms with Crippen molar-refractivity contribution >= 4 is 40.9 Å². The van der Waals surface area contributed by atoms with E-state index in [4.69, 9.17) is 28.3 Å². The number of hydrogen-bond donors (Lipinski definition) is 2. The predicted octanol–water partition coefficient (Wildman–Crippen LogP) is 3.90. The predicted molar refractivity (Wildman–Crippen MR) is 93.6 cm³/mol. The van der Waals surface area contributed by atoms with Gasteiger partial charge in [0.2, 0.25) is 5.91 Å². The largest absolute Gasteiger partial charge is 0.396 e. The highest BCUT2D eigenvalue weighted by molar-refractivity contribution is 7.99. The molecule has 0 unspecified atom stereocenters. The Balaban J connectivity index is 1.69. The number of benzene rings is 1. The normalized spacial score (nSPS) is 16.1. The van der Waals surface area contributed by atoms with E-state index in [2.05, 4.69) is 5.32 Å². The third kappa shape index (κ3) is 5.05. The van der Waals surface area contributed by atoms with E-state index < -0.39 is 0 Å². The van der Waals surface area contributed by atoms with Crippen molar-refractivity contribution in [1.29, 1.82) is 0 Å². The van der Waals surface area contributed by atoms with E-state index >= 15 is 0 Å². The van der Waals surface area contributed by atoms with E-state index in [0.717, 1.165) is 24.8 Å². The number of hydrogen-bond acceptors (Lipinski definition) is 3. The average molecular weight is 362 g/mol. The number of halogens is 2. The van der Waals surface area contributed by atoms with Gasteiger partial charge in [-0.1, -0.05) is 35.7 Å². The Kier molecular flexibility index (Phi) is 6.87. The molecule has 122 valence electrons. The second-order valence-electron chi connectivity index (χ2n) is 5.83. The van der Waals surface area contributed by atoms with E-state index in [-0.39, 0.29) is 17.9 Å². The fraction of sp³-hybridized carbons (Fsp3) is 0.562. The minimum atomic E-state index is 0.0410. The summed E-state index contributed by atoms with van der Waals surface area (Å²) in [6.45, 7) is 0.869. The summed E-state index contributed by atoms with van der Waals surface area (Å²) in [6, 6.07) is 5.41. The first-order valence-corrected chi connectivity index (χ1v) is 9.35. The first kappa shape index (κ1) is 17.9. The molecule has 0 atom stereocenters. The molecule has 3 nitrogen and oxygen atoms in total. The molecule has 1 aromatic carbocycles. The Morgan fingerprint density at radius 1 is 1.36 bits per heavy atom. The molecule has 2 N–H and O–H groups in total. The molecule has 1 saturated carbocycles. The summed E-state index contributed by atoms with van der Waals surface area (Å²) in [6.07, 6.45) is 4.17. The smallest absolute Gasteiger partial charge is 0.230 e. The lowest BCUT2D eigenvalue weighted by molar-refractivity contribution is -0.119. The SMILES string of the molecule is O=C(CSCc1ccc(Cl)cc1Cl)NCC1(CCO)CCC1. The minimum absolute atomic E-state index is 0.0410. The van der Waals surface area contributed by atoms with Crippen LogP contribution in [0.2, 0.25) is 10.0 Å². The quantitative estimate of drug-likeness (QED) is 0.738. The topological polar surface area (TPSA) is 49.3 Å². The maximum atomic E-state index is 11.9. The maximum absolute atomic E-state index is 11.9. The molecule has 1 aliphatic carbocycles. The lowest BCUT2D eigenvalue weighted by Gasteiger charge is -2.41. The van der Waals surface area contributed by atoms with E-state index in [1.807, 2.05) is 6.07 Å². The van der Waals surface area contributed by atoms with Gasteiger partial charge in [-0.15, -0.1) is 11.8 Å². The Morgan fingerprint density at radius 3 is 2.73 bits per heavy atom. The molecule has 2 rings (SSSR count). The maximum Gasteiger partial charge on any atom is 0.230 e. The summed E-state index contributed by atoms with van der Waals surface area (Å²) in [5.74, 6) is 1.14. The van der Waals surface area contributed by atoms with Gasteiger partial charge in [-0.2, -0.15) is 0 Å². The number of carbonyl (C=O) groups is 1. The van der Waals surface area contributed by atoms with Crippen LogP contribution in [-0.4, -0.2) is 29.9 Å². The van der Waals surface area contributed by atoms with Gasteiger partial charge in [0, 0.05) is 28.9 Å². The van der Waals surface area contributed by atoms with Crippen LogP contribution in [0, 0.1) is 5.41 Å². The summed E-state index contributed by atoms with van der Waals surface area (Å²) in [4.78, 5) is 11.9. The third-order valence-electron chi connectivity index (χ3n) is 4.22. The Morgan fingerprint density at radius 2 is 2.14 bits per heavy atom. The van der Waals surface area contributed by atoms with Crippen LogP contribution in [0.3, 0.4) is 0 Å². The highest BCUT2D eigenvalue weighted by atomic mass is 35.5. The molecule has 1 amide bonds. The lowest BCUT2D eigenvalue weighted by atomic mass is 9.67. The van der Waals surface area contributed by atoms with Crippen molar-refractivity contribution in [3.63, 3.8) is 0 Å². The Labute approximate surface area is 145 Å². The van der Waals surface area contributed by atoms with E-state index in [1.165, 1.54) is 18.2 Å². The number of aliphatic hydroxyl groups is 1. The highest BCUT2D eigenvalue weighted by Gasteiger charge is 2.36. The number of carbonyl (C=O) groups excluding carboxylic acids is 1. The number of aliphatic hydroxyl groups excluding tert-OH is 1. The van der Waals surface area contributed by atoms with Crippen molar-refractivity contribution in [2.45, 2.75) is 31.4 Å². The van der Waals surface area contributed by atoms with Gasteiger partial charge in [0.15, 0.2) is 0 Å². The van der Waals surface area contributed by atoms with E-state index in [9.17, 15) is 4.79 Å². The van der Waals surface area contributed by atoms with Crippen LogP contribution in [0.1, 0.15) is 31.2 Å². The first-order chi connectivity index (χ1) is 10.5. The van der Waals surface area contributed by atoms with Crippen LogP contribution in [0.4, 0.5) is 0 Å². The summed E-state index contributed by atoms with van der Waals surface area (Å²) in [7, 11) is 0. The van der Waals surface area contributed by atoms with Gasteiger partial charge in [0.25, 0.3) is 0 Å². The van der Waals surface area contributed by atoms with Crippen molar-refractivity contribution in [2.75, 3.05) is 18.9 Å². The molecule has 1 aromatic rings. The van der Waals surface area contributed by atoms with Gasteiger partial charge in [-0.25, -0.2) is 0 Å². The molecule has 0 heterocycles. The average Bonchev–Trinajstić information content (AvgIpc) is 2.44. The molecule has 0 spiro atoms. The highest BCUT2D eigenvalue weighted by Crippen LogP contribution is 2.43. The van der Waals surface area contributed by atoms with Crippen LogP contribution >= 0.6 is 35.0 Å². The molecule has 6 heteroatoms. The van der Waals surface area contributed by atoms with Crippen molar-refractivity contribution in [3.05, 3.63) is 33.8 Å². The van der Waals surface area contributed by atoms with E-state index in [0.29, 0.717) is 28.1 Å². The van der Waals surface area contributed by atoms with Gasteiger partial charge in [-0.05, 0) is 42.4 Å². The second-order valence-corrected chi connectivity index (χ2v) is 7.66. The van der Waals surface area contributed by atoms with Gasteiger partial charge in [-0.3, -0.25) is 4.79 Å². The fourth-order valence-corrected chi connectivity index (χ4v) is 4.07. The molecule has 0 saturated heterocycles. The zero-order valence-electron chi connectivity index (χ0n) is 12.4. The molecule has 1 aliphatic rings. The van der Waals surface area contributed by atoms with Gasteiger partial charge in [0.1, 0.15) is 0 Å². The van der Waals surface area contributed by atoms with Crippen LogP contribution in [0.25, 0.3) is 0 Å². The standard InChI is InChI=1S/C16H21Cl2NO2S/c17-13-3-2-12(14(18)8-13)9-22-10-15(21)19-11-16(6-7-20)4-1-5-16/h2-3,8,20H,1,4-7,9-11H2,(H,19,21). The number of amides is 1. The van der Waals surface area contributed by atoms with Crippen LogP contribution in [0.15, 0.2) is 18.2 Å². The van der Waals surface area contributed by atoms with Crippen molar-refractivity contribution in [1.82, 2.24) is 5.32 Å². The molecule has 0 bridgehead atoms. The zero-order valence-corrected chi connectivity index (χ0v) is 14.7. The summed E-state index contributed by atoms with van der Waals surface area (Å²) >= 11 is 13.5. The molecule has 0 radical (unpaired) electrons. The number of rotatable bonds is 8. The monoisotopic (exact) mass is 361 g/mol. The summed E-state index contributed by atoms with van der Waals surface area (Å²) < 4.78 is 0. The van der Waals surface area contributed by atoms with Crippen LogP contribution < -0.4 is 5.32 Å². The Hall–Kier alpha value is -0.420. The number of thioether (sulfide) groups is 1. The van der Waals surface area contributed by atoms with Gasteiger partial charge >= 0.3 is 0 Å². The molecule has 1 fully saturated rings. The van der Waals surface area contributed by atoms with E-state index in [1.54, 1.807) is 12.1 Å². The van der Waals surface area contributed by atoms with Crippen LogP contribution in [0.5, 0.6) is 0 Å². The molecular weight excluding hydrogens is 341 g/mol. The van der Waals surface area contributed by atoms with Crippen molar-refractivity contribution in [2.24, 2.45) is 5.41 Å². The zero-order chi connectivity index (χ0) is 16.0. The summed E-state index contributed by atoms with van der Waals surface area (Å²) in [5.41, 5.74) is 1.12. The summed E-state index contributed by atoms with van der Waals surface area (Å²) in [5, 5.41) is 13.4. The second kappa shape index (κ2) is 8.44. The molecule has 0 aliphatic heterocycles. The van der Waals surface area contributed by atoms with Crippen LogP contribution in [-0.2, 0) is 10.5 Å². The third-order valence-corrected chi connectivity index (χ3v) is 5.79. The number of nitrogens with one attached hydrogen (secondary N) is 1. The Bertz CT molecular complexity index is 521. The molecule has 0 aromatic heterocycles. The van der Waals surface area contributed by atoms with Crippen molar-refractivity contribution < 1.29 is 9.90 Å². The fourth-order valence-electron chi connectivity index (χ4n) is 2.66. The first-order valence-electron chi connectivity index (χ1n) is 7.44. The lowest BCUT2D eigenvalue weighted by Crippen LogP contribution is -2.43. The van der Waals surface area contributed by atoms with Crippen molar-refractivity contribution in [3.8, 4) is 0 Å². The molecule has 22 heavy (non-hydrogen) atoms. The van der Waals surface area contributed by atoms with Gasteiger partial charge < -0.3 is 10.4 Å². The minimum Gasteiger partial charge on any atom is -0.396 e. The molecular formula is C16H21Cl2NO2S.